The van der Waals surface area contributed by atoms with Crippen molar-refractivity contribution in [2.75, 3.05) is 0 Å². The van der Waals surface area contributed by atoms with E-state index in [-0.39, 0.29) is 5.92 Å². The lowest BCUT2D eigenvalue weighted by Gasteiger charge is -2.07. The minimum atomic E-state index is 0.188. The topological polar surface area (TPSA) is 46.0 Å². The van der Waals surface area contributed by atoms with Crippen LogP contribution in [0.3, 0.4) is 0 Å². The number of aromatic nitrogens is 3. The van der Waals surface area contributed by atoms with Crippen molar-refractivity contribution in [3.63, 3.8) is 0 Å². The molecule has 0 aliphatic rings. The Kier molecular flexibility index (Phi) is 4.94. The molecule has 27 heavy (non-hydrogen) atoms. The van der Waals surface area contributed by atoms with E-state index in [1.54, 1.807) is 4.68 Å². The van der Waals surface area contributed by atoms with E-state index in [9.17, 15) is 0 Å². The van der Waals surface area contributed by atoms with Crippen molar-refractivity contribution in [2.24, 2.45) is 5.10 Å². The number of nitrogens with one attached hydrogen (secondary N) is 1. The van der Waals surface area contributed by atoms with Crippen LogP contribution < -0.4 is 0 Å². The number of hydrogen-bond acceptors (Lipinski definition) is 3. The van der Waals surface area contributed by atoms with E-state index < -0.39 is 0 Å². The summed E-state index contributed by atoms with van der Waals surface area (Å²) in [6, 6.07) is 25.0. The zero-order chi connectivity index (χ0) is 18.6. The molecule has 0 fully saturated rings. The quantitative estimate of drug-likeness (QED) is 0.380. The minimum absolute atomic E-state index is 0.188. The fourth-order valence-electron chi connectivity index (χ4n) is 3.18. The zero-order valence-corrected chi connectivity index (χ0v) is 15.9. The highest BCUT2D eigenvalue weighted by molar-refractivity contribution is 7.71. The van der Waals surface area contributed by atoms with Gasteiger partial charge in [-0.05, 0) is 34.1 Å². The van der Waals surface area contributed by atoms with E-state index in [1.807, 2.05) is 24.4 Å². The third-order valence-corrected chi connectivity index (χ3v) is 4.94. The van der Waals surface area contributed by atoms with Gasteiger partial charge in [0.15, 0.2) is 5.82 Å². The van der Waals surface area contributed by atoms with Gasteiger partial charge in [-0.1, -0.05) is 79.7 Å². The Hall–Kier alpha value is -3.05. The lowest BCUT2D eigenvalue weighted by molar-refractivity contribution is 0.785. The highest BCUT2D eigenvalue weighted by Gasteiger charge is 2.09. The maximum atomic E-state index is 5.38. The van der Waals surface area contributed by atoms with Gasteiger partial charge in [-0.3, -0.25) is 5.10 Å². The Bertz CT molecular complexity index is 1140. The molecule has 0 aliphatic heterocycles. The van der Waals surface area contributed by atoms with Crippen LogP contribution in [0.2, 0.25) is 0 Å². The molecular formula is C22H20N4S. The summed E-state index contributed by atoms with van der Waals surface area (Å²) in [6.07, 6.45) is 2.57. The second kappa shape index (κ2) is 7.68. The molecule has 0 unspecified atom stereocenters. The second-order valence-corrected chi connectivity index (χ2v) is 6.92. The van der Waals surface area contributed by atoms with Gasteiger partial charge < -0.3 is 0 Å². The van der Waals surface area contributed by atoms with Crippen LogP contribution in [0, 0.1) is 4.77 Å². The maximum Gasteiger partial charge on any atom is 0.216 e. The van der Waals surface area contributed by atoms with Gasteiger partial charge in [0.1, 0.15) is 0 Å². The maximum absolute atomic E-state index is 5.38. The summed E-state index contributed by atoms with van der Waals surface area (Å²) in [5.74, 6) is 0.987. The van der Waals surface area contributed by atoms with E-state index >= 15 is 0 Å². The molecule has 4 rings (SSSR count). The summed E-state index contributed by atoms with van der Waals surface area (Å²) >= 11 is 5.38. The average Bonchev–Trinajstić information content (AvgIpc) is 3.06. The first kappa shape index (κ1) is 17.4. The number of aromatic amines is 1. The number of fused-ring (bicyclic) bond motifs is 1. The van der Waals surface area contributed by atoms with Gasteiger partial charge in [-0.2, -0.15) is 14.9 Å². The van der Waals surface area contributed by atoms with Gasteiger partial charge in [0, 0.05) is 18.6 Å². The van der Waals surface area contributed by atoms with Crippen molar-refractivity contribution in [1.29, 1.82) is 0 Å². The van der Waals surface area contributed by atoms with Crippen molar-refractivity contribution in [3.8, 4) is 0 Å². The number of hydrogen-bond donors (Lipinski definition) is 1. The van der Waals surface area contributed by atoms with Gasteiger partial charge in [0.25, 0.3) is 0 Å². The summed E-state index contributed by atoms with van der Waals surface area (Å²) in [6.45, 7) is 2.12. The Morgan fingerprint density at radius 2 is 1.78 bits per heavy atom. The van der Waals surface area contributed by atoms with E-state index in [0.717, 1.165) is 5.82 Å². The second-order valence-electron chi connectivity index (χ2n) is 6.54. The third-order valence-electron chi connectivity index (χ3n) is 4.68. The fraction of sp³-hybridized carbons (Fsp3) is 0.136. The first-order valence-electron chi connectivity index (χ1n) is 8.95. The van der Waals surface area contributed by atoms with E-state index in [4.69, 9.17) is 12.2 Å². The molecule has 134 valence electrons. The SMILES string of the molecule is C[C@H](/C=N\n1c(Cc2cccc3ccccc23)n[nH]c1=S)c1ccccc1. The fourth-order valence-corrected chi connectivity index (χ4v) is 3.38. The molecule has 0 amide bonds. The van der Waals surface area contributed by atoms with Gasteiger partial charge in [-0.15, -0.1) is 0 Å². The number of benzene rings is 3. The highest BCUT2D eigenvalue weighted by Crippen LogP contribution is 2.21. The van der Waals surface area contributed by atoms with E-state index in [1.165, 1.54) is 21.9 Å². The Morgan fingerprint density at radius 3 is 2.63 bits per heavy atom. The zero-order valence-electron chi connectivity index (χ0n) is 15.0. The lowest BCUT2D eigenvalue weighted by Crippen LogP contribution is -2.03. The number of nitrogens with zero attached hydrogens (tertiary/aromatic N) is 3. The van der Waals surface area contributed by atoms with Crippen LogP contribution in [0.25, 0.3) is 10.8 Å². The Balaban J connectivity index is 1.64. The smallest absolute Gasteiger partial charge is 0.216 e. The van der Waals surface area contributed by atoms with Gasteiger partial charge in [0.2, 0.25) is 4.77 Å². The predicted octanol–water partition coefficient (Wildman–Crippen LogP) is 5.32. The molecule has 1 aromatic heterocycles. The molecule has 0 aliphatic carbocycles. The molecule has 4 aromatic rings. The van der Waals surface area contributed by atoms with Crippen molar-refractivity contribution in [2.45, 2.75) is 19.3 Å². The molecule has 0 radical (unpaired) electrons. The molecule has 0 saturated carbocycles. The minimum Gasteiger partial charge on any atom is -0.250 e. The molecule has 0 bridgehead atoms. The van der Waals surface area contributed by atoms with Crippen molar-refractivity contribution >= 4 is 29.2 Å². The van der Waals surface area contributed by atoms with E-state index in [0.29, 0.717) is 11.2 Å². The normalized spacial score (nSPS) is 12.6. The highest BCUT2D eigenvalue weighted by atomic mass is 32.1. The Morgan fingerprint density at radius 1 is 1.04 bits per heavy atom. The van der Waals surface area contributed by atoms with Crippen LogP contribution in [0.1, 0.15) is 29.8 Å². The van der Waals surface area contributed by atoms with Crippen LogP contribution in [0.4, 0.5) is 0 Å². The van der Waals surface area contributed by atoms with Crippen LogP contribution in [0.15, 0.2) is 77.9 Å². The van der Waals surface area contributed by atoms with Crippen LogP contribution in [-0.2, 0) is 6.42 Å². The number of rotatable bonds is 5. The van der Waals surface area contributed by atoms with Crippen LogP contribution >= 0.6 is 12.2 Å². The Labute approximate surface area is 163 Å². The van der Waals surface area contributed by atoms with Crippen molar-refractivity contribution in [3.05, 3.63) is 94.5 Å². The van der Waals surface area contributed by atoms with Gasteiger partial charge >= 0.3 is 0 Å². The molecule has 1 atom stereocenters. The van der Waals surface area contributed by atoms with Crippen molar-refractivity contribution in [1.82, 2.24) is 14.9 Å². The van der Waals surface area contributed by atoms with Crippen molar-refractivity contribution < 1.29 is 0 Å². The third kappa shape index (κ3) is 3.73. The summed E-state index contributed by atoms with van der Waals surface area (Å²) in [5, 5.41) is 14.3. The van der Waals surface area contributed by atoms with E-state index in [2.05, 4.69) is 76.8 Å². The largest absolute Gasteiger partial charge is 0.250 e. The van der Waals surface area contributed by atoms with Gasteiger partial charge in [-0.25, -0.2) is 0 Å². The van der Waals surface area contributed by atoms with Gasteiger partial charge in [0.05, 0.1) is 0 Å². The van der Waals surface area contributed by atoms with Crippen LogP contribution in [-0.4, -0.2) is 21.1 Å². The predicted molar refractivity (Wildman–Crippen MR) is 113 cm³/mol. The molecule has 1 heterocycles. The number of H-pyrrole nitrogens is 1. The standard InChI is InChI=1S/C22H20N4S/c1-16(17-8-3-2-4-9-17)15-23-26-21(24-25-22(26)27)14-19-12-7-11-18-10-5-6-13-20(18)19/h2-13,15-16H,14H2,1H3,(H,25,27)/b23-15-/t16-/m1/s1. The molecule has 0 spiro atoms. The molecule has 1 N–H and O–H groups in total. The molecular weight excluding hydrogens is 352 g/mol. The monoisotopic (exact) mass is 372 g/mol. The summed E-state index contributed by atoms with van der Waals surface area (Å²) in [5.41, 5.74) is 2.42. The molecule has 5 heteroatoms. The molecule has 4 nitrogen and oxygen atoms in total. The molecule has 0 saturated heterocycles. The lowest BCUT2D eigenvalue weighted by atomic mass is 10.0. The summed E-state index contributed by atoms with van der Waals surface area (Å²) in [7, 11) is 0. The summed E-state index contributed by atoms with van der Waals surface area (Å²) in [4.78, 5) is 0. The average molecular weight is 372 g/mol. The van der Waals surface area contributed by atoms with Crippen LogP contribution in [0.5, 0.6) is 0 Å². The first-order valence-corrected chi connectivity index (χ1v) is 9.35. The summed E-state index contributed by atoms with van der Waals surface area (Å²) < 4.78 is 2.22. The first-order chi connectivity index (χ1) is 13.2. The molecule has 3 aromatic carbocycles.